The van der Waals surface area contributed by atoms with Gasteiger partial charge in [-0.2, -0.15) is 0 Å². The molecule has 3 nitrogen and oxygen atoms in total. The molecule has 0 spiro atoms. The molecule has 1 aromatic heterocycles. The van der Waals surface area contributed by atoms with Crippen molar-refractivity contribution >= 4 is 39.1 Å². The van der Waals surface area contributed by atoms with Crippen LogP contribution in [0.1, 0.15) is 10.4 Å². The van der Waals surface area contributed by atoms with E-state index in [4.69, 9.17) is 11.6 Å². The summed E-state index contributed by atoms with van der Waals surface area (Å²) in [5.41, 5.74) is 0.395. The molecule has 0 radical (unpaired) electrons. The van der Waals surface area contributed by atoms with Crippen molar-refractivity contribution in [2.24, 2.45) is 0 Å². The number of pyridine rings is 1. The van der Waals surface area contributed by atoms with Crippen LogP contribution in [0.5, 0.6) is 0 Å². The number of amides is 1. The molecule has 6 heteroatoms. The number of nitrogens with zero attached hydrogens (tertiary/aromatic N) is 1. The maximum absolute atomic E-state index is 13.5. The summed E-state index contributed by atoms with van der Waals surface area (Å²) in [4.78, 5) is 15.6. The molecule has 1 N–H and O–H groups in total. The number of benzene rings is 1. The Kier molecular flexibility index (Phi) is 3.93. The normalized spacial score (nSPS) is 10.2. The van der Waals surface area contributed by atoms with Crippen LogP contribution >= 0.6 is 27.5 Å². The van der Waals surface area contributed by atoms with Gasteiger partial charge < -0.3 is 5.32 Å². The third kappa shape index (κ3) is 2.86. The zero-order valence-corrected chi connectivity index (χ0v) is 11.3. The number of para-hydroxylation sites is 1. The third-order valence-electron chi connectivity index (χ3n) is 2.19. The number of carbonyl (C=O) groups excluding carboxylic acids is 1. The van der Waals surface area contributed by atoms with Gasteiger partial charge in [-0.3, -0.25) is 4.79 Å². The average molecular weight is 330 g/mol. The van der Waals surface area contributed by atoms with Gasteiger partial charge in [0, 0.05) is 10.7 Å². The number of anilines is 1. The van der Waals surface area contributed by atoms with Gasteiger partial charge >= 0.3 is 0 Å². The number of rotatable bonds is 2. The summed E-state index contributed by atoms with van der Waals surface area (Å²) >= 11 is 8.78. The lowest BCUT2D eigenvalue weighted by Crippen LogP contribution is -2.13. The standard InChI is InChI=1S/C12H7BrClFN2O/c13-8-2-1-3-9(15)11(8)17-12(18)7-4-5-10(14)16-6-7/h1-6H,(H,17,18). The van der Waals surface area contributed by atoms with Gasteiger partial charge in [0.25, 0.3) is 5.91 Å². The Morgan fingerprint density at radius 1 is 1.33 bits per heavy atom. The highest BCUT2D eigenvalue weighted by atomic mass is 79.9. The first kappa shape index (κ1) is 13.0. The molecular weight excluding hydrogens is 322 g/mol. The fourth-order valence-electron chi connectivity index (χ4n) is 1.31. The van der Waals surface area contributed by atoms with Crippen LogP contribution in [-0.2, 0) is 0 Å². The minimum Gasteiger partial charge on any atom is -0.318 e. The SMILES string of the molecule is O=C(Nc1c(F)cccc1Br)c1ccc(Cl)nc1. The molecule has 0 bridgehead atoms. The van der Waals surface area contributed by atoms with Gasteiger partial charge in [-0.15, -0.1) is 0 Å². The Balaban J connectivity index is 2.24. The first-order valence-electron chi connectivity index (χ1n) is 4.95. The average Bonchev–Trinajstić information content (AvgIpc) is 2.34. The van der Waals surface area contributed by atoms with E-state index in [0.717, 1.165) is 0 Å². The minimum absolute atomic E-state index is 0.0949. The van der Waals surface area contributed by atoms with Crippen LogP contribution in [0.3, 0.4) is 0 Å². The molecule has 0 fully saturated rings. The zero-order chi connectivity index (χ0) is 13.1. The van der Waals surface area contributed by atoms with E-state index >= 15 is 0 Å². The minimum atomic E-state index is -0.514. The highest BCUT2D eigenvalue weighted by molar-refractivity contribution is 9.10. The Morgan fingerprint density at radius 2 is 2.11 bits per heavy atom. The maximum atomic E-state index is 13.5. The van der Waals surface area contributed by atoms with Crippen molar-refractivity contribution in [1.82, 2.24) is 4.98 Å². The van der Waals surface area contributed by atoms with Crippen LogP contribution in [0.2, 0.25) is 5.15 Å². The van der Waals surface area contributed by atoms with E-state index in [-0.39, 0.29) is 5.69 Å². The molecular formula is C12H7BrClFN2O. The number of hydrogen-bond donors (Lipinski definition) is 1. The molecule has 2 rings (SSSR count). The topological polar surface area (TPSA) is 42.0 Å². The lowest BCUT2D eigenvalue weighted by Gasteiger charge is -2.08. The molecule has 1 aromatic carbocycles. The van der Waals surface area contributed by atoms with Crippen molar-refractivity contribution in [3.05, 3.63) is 57.5 Å². The molecule has 0 saturated carbocycles. The second kappa shape index (κ2) is 5.46. The highest BCUT2D eigenvalue weighted by Crippen LogP contribution is 2.25. The van der Waals surface area contributed by atoms with Gasteiger partial charge in [-0.05, 0) is 40.2 Å². The van der Waals surface area contributed by atoms with E-state index in [1.165, 1.54) is 24.4 Å². The van der Waals surface area contributed by atoms with Gasteiger partial charge in [-0.1, -0.05) is 17.7 Å². The highest BCUT2D eigenvalue weighted by Gasteiger charge is 2.12. The Bertz CT molecular complexity index is 569. The Labute approximate surface area is 116 Å². The first-order valence-corrected chi connectivity index (χ1v) is 6.12. The molecule has 2 aromatic rings. The number of halogens is 3. The third-order valence-corrected chi connectivity index (χ3v) is 3.08. The van der Waals surface area contributed by atoms with Crippen LogP contribution < -0.4 is 5.32 Å². The summed E-state index contributed by atoms with van der Waals surface area (Å²) in [6.45, 7) is 0. The fourth-order valence-corrected chi connectivity index (χ4v) is 1.87. The number of hydrogen-bond acceptors (Lipinski definition) is 2. The van der Waals surface area contributed by atoms with Crippen LogP contribution in [0.4, 0.5) is 10.1 Å². The fraction of sp³-hybridized carbons (Fsp3) is 0. The van der Waals surface area contributed by atoms with Gasteiger partial charge in [0.05, 0.1) is 11.3 Å². The van der Waals surface area contributed by atoms with Crippen LogP contribution in [0.25, 0.3) is 0 Å². The molecule has 92 valence electrons. The van der Waals surface area contributed by atoms with Crippen molar-refractivity contribution in [2.45, 2.75) is 0 Å². The van der Waals surface area contributed by atoms with E-state index in [1.54, 1.807) is 12.1 Å². The molecule has 0 aliphatic heterocycles. The molecule has 0 atom stereocenters. The van der Waals surface area contributed by atoms with E-state index in [9.17, 15) is 9.18 Å². The number of carbonyl (C=O) groups is 1. The van der Waals surface area contributed by atoms with E-state index in [1.807, 2.05) is 0 Å². The van der Waals surface area contributed by atoms with Gasteiger partial charge in [-0.25, -0.2) is 9.37 Å². The van der Waals surface area contributed by atoms with E-state index in [2.05, 4.69) is 26.2 Å². The summed E-state index contributed by atoms with van der Waals surface area (Å²) in [7, 11) is 0. The smallest absolute Gasteiger partial charge is 0.257 e. The summed E-state index contributed by atoms with van der Waals surface area (Å²) in [5.74, 6) is -0.968. The second-order valence-electron chi connectivity index (χ2n) is 3.42. The summed E-state index contributed by atoms with van der Waals surface area (Å²) in [5, 5.41) is 2.76. The maximum Gasteiger partial charge on any atom is 0.257 e. The van der Waals surface area contributed by atoms with Crippen molar-refractivity contribution < 1.29 is 9.18 Å². The molecule has 1 heterocycles. The lowest BCUT2D eigenvalue weighted by atomic mass is 10.2. The number of nitrogens with one attached hydrogen (secondary N) is 1. The first-order chi connectivity index (χ1) is 8.58. The molecule has 0 aliphatic carbocycles. The Hall–Kier alpha value is -1.46. The summed E-state index contributed by atoms with van der Waals surface area (Å²) in [6.07, 6.45) is 1.33. The van der Waals surface area contributed by atoms with Gasteiger partial charge in [0.1, 0.15) is 11.0 Å². The van der Waals surface area contributed by atoms with Crippen LogP contribution in [0.15, 0.2) is 41.0 Å². The quantitative estimate of drug-likeness (QED) is 0.849. The van der Waals surface area contributed by atoms with Crippen molar-refractivity contribution in [2.75, 3.05) is 5.32 Å². The summed E-state index contributed by atoms with van der Waals surface area (Å²) < 4.78 is 14.0. The predicted octanol–water partition coefficient (Wildman–Crippen LogP) is 3.89. The molecule has 0 aliphatic rings. The van der Waals surface area contributed by atoms with Gasteiger partial charge in [0.2, 0.25) is 0 Å². The van der Waals surface area contributed by atoms with E-state index in [0.29, 0.717) is 15.2 Å². The largest absolute Gasteiger partial charge is 0.318 e. The Morgan fingerprint density at radius 3 is 2.72 bits per heavy atom. The summed E-state index contributed by atoms with van der Waals surface area (Å²) in [6, 6.07) is 7.45. The second-order valence-corrected chi connectivity index (χ2v) is 4.66. The monoisotopic (exact) mass is 328 g/mol. The van der Waals surface area contributed by atoms with Crippen LogP contribution in [-0.4, -0.2) is 10.9 Å². The van der Waals surface area contributed by atoms with Crippen molar-refractivity contribution in [3.8, 4) is 0 Å². The molecule has 18 heavy (non-hydrogen) atoms. The van der Waals surface area contributed by atoms with Crippen molar-refractivity contribution in [1.29, 1.82) is 0 Å². The molecule has 1 amide bonds. The zero-order valence-electron chi connectivity index (χ0n) is 8.95. The van der Waals surface area contributed by atoms with Crippen LogP contribution in [0, 0.1) is 5.82 Å². The number of aromatic nitrogens is 1. The van der Waals surface area contributed by atoms with E-state index < -0.39 is 11.7 Å². The van der Waals surface area contributed by atoms with Crippen molar-refractivity contribution in [3.63, 3.8) is 0 Å². The lowest BCUT2D eigenvalue weighted by molar-refractivity contribution is 0.102. The molecule has 0 unspecified atom stereocenters. The predicted molar refractivity (Wildman–Crippen MR) is 71.3 cm³/mol. The van der Waals surface area contributed by atoms with Gasteiger partial charge in [0.15, 0.2) is 0 Å². The molecule has 0 saturated heterocycles.